The maximum absolute atomic E-state index is 12.6. The predicted molar refractivity (Wildman–Crippen MR) is 88.3 cm³/mol. The minimum atomic E-state index is -4.52. The quantitative estimate of drug-likeness (QED) is 0.708. The molecule has 0 saturated heterocycles. The van der Waals surface area contributed by atoms with E-state index in [0.717, 1.165) is 24.3 Å². The fourth-order valence-corrected chi connectivity index (χ4v) is 2.38. The summed E-state index contributed by atoms with van der Waals surface area (Å²) < 4.78 is 42.8. The zero-order valence-corrected chi connectivity index (χ0v) is 13.4. The first-order valence-corrected chi connectivity index (χ1v) is 7.54. The van der Waals surface area contributed by atoms with Crippen LogP contribution < -0.4 is 5.32 Å². The summed E-state index contributed by atoms with van der Waals surface area (Å²) in [4.78, 5) is 23.7. The summed E-state index contributed by atoms with van der Waals surface area (Å²) in [5.74, 6) is -2.34. The monoisotopic (exact) mass is 376 g/mol. The Hall–Kier alpha value is -3.62. The largest absolute Gasteiger partial charge is 0.476 e. The lowest BCUT2D eigenvalue weighted by atomic mass is 10.1. The molecule has 3 rings (SSSR count). The van der Waals surface area contributed by atoms with Crippen molar-refractivity contribution in [2.75, 3.05) is 5.32 Å². The number of aromatic nitrogens is 1. The summed E-state index contributed by atoms with van der Waals surface area (Å²) in [6, 6.07) is 11.8. The number of amides is 1. The Kier molecular flexibility index (Phi) is 4.68. The summed E-state index contributed by atoms with van der Waals surface area (Å²) in [5, 5.41) is 15.0. The lowest BCUT2D eigenvalue weighted by Crippen LogP contribution is -2.13. The predicted octanol–water partition coefficient (Wildman–Crippen LogP) is 4.31. The molecule has 3 aromatic rings. The molecule has 6 nitrogen and oxygen atoms in total. The minimum absolute atomic E-state index is 0.0587. The van der Waals surface area contributed by atoms with Gasteiger partial charge in [0.25, 0.3) is 5.91 Å². The van der Waals surface area contributed by atoms with Crippen LogP contribution >= 0.6 is 0 Å². The average molecular weight is 376 g/mol. The number of anilines is 1. The van der Waals surface area contributed by atoms with E-state index in [4.69, 9.17) is 4.52 Å². The topological polar surface area (TPSA) is 92.4 Å². The molecule has 0 bridgehead atoms. The lowest BCUT2D eigenvalue weighted by Gasteiger charge is -2.08. The number of nitrogens with one attached hydrogen (secondary N) is 1. The molecule has 0 aliphatic heterocycles. The second kappa shape index (κ2) is 6.94. The van der Waals surface area contributed by atoms with E-state index in [1.807, 2.05) is 0 Å². The number of alkyl halides is 3. The van der Waals surface area contributed by atoms with E-state index < -0.39 is 29.3 Å². The number of carbonyl (C=O) groups excluding carboxylic acids is 1. The number of benzene rings is 2. The highest BCUT2D eigenvalue weighted by molar-refractivity contribution is 6.07. The summed E-state index contributed by atoms with van der Waals surface area (Å²) in [7, 11) is 0. The number of halogens is 3. The maximum Gasteiger partial charge on any atom is 0.416 e. The number of aromatic carboxylic acids is 1. The minimum Gasteiger partial charge on any atom is -0.476 e. The second-order valence-corrected chi connectivity index (χ2v) is 5.44. The molecule has 2 aromatic carbocycles. The highest BCUT2D eigenvalue weighted by Gasteiger charge is 2.30. The van der Waals surface area contributed by atoms with Gasteiger partial charge in [0.05, 0.1) is 11.1 Å². The molecule has 0 aliphatic rings. The summed E-state index contributed by atoms with van der Waals surface area (Å²) in [6.07, 6.45) is -4.52. The third-order valence-corrected chi connectivity index (χ3v) is 3.66. The molecule has 1 aromatic heterocycles. The Bertz CT molecular complexity index is 980. The van der Waals surface area contributed by atoms with Gasteiger partial charge in [-0.05, 0) is 29.8 Å². The van der Waals surface area contributed by atoms with Crippen LogP contribution in [0.15, 0.2) is 59.1 Å². The molecule has 9 heteroatoms. The summed E-state index contributed by atoms with van der Waals surface area (Å²) >= 11 is 0. The number of hydrogen-bond acceptors (Lipinski definition) is 4. The molecular formula is C18H11F3N2O4. The molecule has 2 N–H and O–H groups in total. The van der Waals surface area contributed by atoms with Gasteiger partial charge < -0.3 is 9.63 Å². The van der Waals surface area contributed by atoms with Gasteiger partial charge in [-0.1, -0.05) is 35.5 Å². The fraction of sp³-hybridized carbons (Fsp3) is 0.0556. The van der Waals surface area contributed by atoms with Gasteiger partial charge in [-0.3, -0.25) is 10.1 Å². The van der Waals surface area contributed by atoms with Gasteiger partial charge in [0.2, 0.25) is 11.6 Å². The van der Waals surface area contributed by atoms with Crippen LogP contribution in [-0.4, -0.2) is 22.1 Å². The molecule has 27 heavy (non-hydrogen) atoms. The molecule has 0 radical (unpaired) electrons. The molecule has 0 fully saturated rings. The first-order valence-electron chi connectivity index (χ1n) is 7.54. The van der Waals surface area contributed by atoms with Crippen molar-refractivity contribution in [1.82, 2.24) is 5.16 Å². The number of carboxylic acid groups (broad SMARTS) is 1. The zero-order valence-electron chi connectivity index (χ0n) is 13.4. The van der Waals surface area contributed by atoms with Crippen molar-refractivity contribution in [2.45, 2.75) is 6.18 Å². The zero-order chi connectivity index (χ0) is 19.6. The second-order valence-electron chi connectivity index (χ2n) is 5.44. The first-order chi connectivity index (χ1) is 12.8. The molecular weight excluding hydrogens is 365 g/mol. The van der Waals surface area contributed by atoms with Gasteiger partial charge in [-0.2, -0.15) is 13.2 Å². The van der Waals surface area contributed by atoms with Crippen LogP contribution in [0.3, 0.4) is 0 Å². The summed E-state index contributed by atoms with van der Waals surface area (Å²) in [5.41, 5.74) is -0.849. The standard InChI is InChI=1S/C18H11F3N2O4/c19-18(20,21)12-8-6-11(7-9-12)15(24)22-16-13(10-4-2-1-3-5-10)14(17(25)26)23-27-16/h1-9H,(H,22,24)(H,25,26). The van der Waals surface area contributed by atoms with Gasteiger partial charge in [0, 0.05) is 5.56 Å². The third-order valence-electron chi connectivity index (χ3n) is 3.66. The van der Waals surface area contributed by atoms with Gasteiger partial charge in [0.15, 0.2) is 0 Å². The van der Waals surface area contributed by atoms with E-state index in [0.29, 0.717) is 5.56 Å². The third kappa shape index (κ3) is 3.81. The lowest BCUT2D eigenvalue weighted by molar-refractivity contribution is -0.137. The van der Waals surface area contributed by atoms with Gasteiger partial charge in [-0.15, -0.1) is 0 Å². The van der Waals surface area contributed by atoms with Crippen molar-refractivity contribution in [3.05, 3.63) is 71.4 Å². The molecule has 138 valence electrons. The average Bonchev–Trinajstić information content (AvgIpc) is 3.05. The SMILES string of the molecule is O=C(Nc1onc(C(=O)O)c1-c1ccccc1)c1ccc(C(F)(F)F)cc1. The van der Waals surface area contributed by atoms with Crippen LogP contribution in [0.25, 0.3) is 11.1 Å². The van der Waals surface area contributed by atoms with Crippen LogP contribution in [-0.2, 0) is 6.18 Å². The van der Waals surface area contributed by atoms with Gasteiger partial charge in [0.1, 0.15) is 0 Å². The van der Waals surface area contributed by atoms with Gasteiger partial charge in [-0.25, -0.2) is 4.79 Å². The molecule has 1 amide bonds. The molecule has 0 atom stereocenters. The van der Waals surface area contributed by atoms with Crippen molar-refractivity contribution in [1.29, 1.82) is 0 Å². The molecule has 0 unspecified atom stereocenters. The smallest absolute Gasteiger partial charge is 0.416 e. The molecule has 1 heterocycles. The number of carboxylic acids is 1. The fourth-order valence-electron chi connectivity index (χ4n) is 2.38. The van der Waals surface area contributed by atoms with Crippen molar-refractivity contribution >= 4 is 17.8 Å². The van der Waals surface area contributed by atoms with Crippen LogP contribution in [0.5, 0.6) is 0 Å². The number of nitrogens with zero attached hydrogens (tertiary/aromatic N) is 1. The van der Waals surface area contributed by atoms with E-state index in [9.17, 15) is 27.9 Å². The van der Waals surface area contributed by atoms with E-state index in [2.05, 4.69) is 10.5 Å². The molecule has 0 spiro atoms. The van der Waals surface area contributed by atoms with Crippen molar-refractivity contribution in [3.63, 3.8) is 0 Å². The van der Waals surface area contributed by atoms with Crippen LogP contribution in [0.2, 0.25) is 0 Å². The number of rotatable bonds is 4. The maximum atomic E-state index is 12.6. The Morgan fingerprint density at radius 1 is 1.00 bits per heavy atom. The Morgan fingerprint density at radius 3 is 2.19 bits per heavy atom. The van der Waals surface area contributed by atoms with Crippen molar-refractivity contribution in [3.8, 4) is 11.1 Å². The van der Waals surface area contributed by atoms with Crippen molar-refractivity contribution < 1.29 is 32.4 Å². The first kappa shape index (κ1) is 18.2. The van der Waals surface area contributed by atoms with E-state index in [1.165, 1.54) is 0 Å². The Labute approximate surface area is 150 Å². The number of hydrogen-bond donors (Lipinski definition) is 2. The molecule has 0 aliphatic carbocycles. The van der Waals surface area contributed by atoms with Crippen LogP contribution in [0, 0.1) is 0 Å². The Balaban J connectivity index is 1.92. The van der Waals surface area contributed by atoms with Gasteiger partial charge >= 0.3 is 12.1 Å². The highest BCUT2D eigenvalue weighted by Crippen LogP contribution is 2.32. The van der Waals surface area contributed by atoms with Crippen LogP contribution in [0.4, 0.5) is 19.1 Å². The van der Waals surface area contributed by atoms with E-state index in [-0.39, 0.29) is 17.0 Å². The summed E-state index contributed by atoms with van der Waals surface area (Å²) in [6.45, 7) is 0. The van der Waals surface area contributed by atoms with Crippen molar-refractivity contribution in [2.24, 2.45) is 0 Å². The van der Waals surface area contributed by atoms with Crippen LogP contribution in [0.1, 0.15) is 26.4 Å². The number of carbonyl (C=O) groups is 2. The highest BCUT2D eigenvalue weighted by atomic mass is 19.4. The Morgan fingerprint density at radius 2 is 1.63 bits per heavy atom. The van der Waals surface area contributed by atoms with E-state index >= 15 is 0 Å². The van der Waals surface area contributed by atoms with E-state index in [1.54, 1.807) is 30.3 Å². The molecule has 0 saturated carbocycles. The normalized spacial score (nSPS) is 11.2.